The van der Waals surface area contributed by atoms with Gasteiger partial charge in [0.05, 0.1) is 5.69 Å². The van der Waals surface area contributed by atoms with Gasteiger partial charge in [0, 0.05) is 44.0 Å². The van der Waals surface area contributed by atoms with E-state index in [0.29, 0.717) is 24.3 Å². The zero-order valence-corrected chi connectivity index (χ0v) is 15.0. The summed E-state index contributed by atoms with van der Waals surface area (Å²) in [5.41, 5.74) is 2.11. The molecule has 25 heavy (non-hydrogen) atoms. The third-order valence-corrected chi connectivity index (χ3v) is 4.73. The molecule has 6 nitrogen and oxygen atoms in total. The summed E-state index contributed by atoms with van der Waals surface area (Å²) in [5, 5.41) is 4.42. The number of pyridine rings is 1. The lowest BCUT2D eigenvalue weighted by Gasteiger charge is -2.32. The molecule has 1 fully saturated rings. The van der Waals surface area contributed by atoms with E-state index in [9.17, 15) is 9.59 Å². The van der Waals surface area contributed by atoms with Gasteiger partial charge >= 0.3 is 0 Å². The fourth-order valence-corrected chi connectivity index (χ4v) is 3.25. The van der Waals surface area contributed by atoms with E-state index in [-0.39, 0.29) is 23.5 Å². The summed E-state index contributed by atoms with van der Waals surface area (Å²) in [6.07, 6.45) is 4.89. The highest BCUT2D eigenvalue weighted by molar-refractivity contribution is 5.98. The molecule has 1 aliphatic rings. The van der Waals surface area contributed by atoms with Crippen LogP contribution >= 0.6 is 0 Å². The zero-order valence-electron chi connectivity index (χ0n) is 15.0. The summed E-state index contributed by atoms with van der Waals surface area (Å²) in [6, 6.07) is 5.41. The number of ketones is 1. The van der Waals surface area contributed by atoms with E-state index in [4.69, 9.17) is 0 Å². The van der Waals surface area contributed by atoms with Crippen LogP contribution in [0.5, 0.6) is 0 Å². The van der Waals surface area contributed by atoms with Crippen LogP contribution < -0.4 is 0 Å². The number of aromatic nitrogens is 3. The van der Waals surface area contributed by atoms with Gasteiger partial charge in [0.1, 0.15) is 5.69 Å². The van der Waals surface area contributed by atoms with E-state index in [1.165, 1.54) is 0 Å². The lowest BCUT2D eigenvalue weighted by atomic mass is 9.90. The lowest BCUT2D eigenvalue weighted by molar-refractivity contribution is 0.0628. The van der Waals surface area contributed by atoms with Crippen molar-refractivity contribution in [2.75, 3.05) is 13.1 Å². The number of Topliss-reactive ketones (excluding diaryl/α,β-unsaturated/α-hetero) is 1. The number of aryl methyl sites for hydroxylation is 1. The molecule has 3 rings (SSSR count). The van der Waals surface area contributed by atoms with Crippen LogP contribution in [0.1, 0.15) is 59.1 Å². The second-order valence-corrected chi connectivity index (χ2v) is 6.93. The lowest BCUT2D eigenvalue weighted by Crippen LogP contribution is -2.43. The van der Waals surface area contributed by atoms with Gasteiger partial charge < -0.3 is 4.90 Å². The molecule has 0 unspecified atom stereocenters. The summed E-state index contributed by atoms with van der Waals surface area (Å²) in [6.45, 7) is 5.24. The topological polar surface area (TPSA) is 68.1 Å². The number of likely N-dealkylation sites (tertiary alicyclic amines) is 1. The first-order valence-electron chi connectivity index (χ1n) is 8.75. The number of hydrogen-bond donors (Lipinski definition) is 0. The van der Waals surface area contributed by atoms with Crippen LogP contribution in [-0.2, 0) is 7.05 Å². The standard InChI is InChI=1S/C19H24N4O2/c1-13(2)16-10-17(22(3)21-16)19(25)23-9-5-7-15(12-23)18(24)14-6-4-8-20-11-14/h4,6,8,10-11,13,15H,5,7,9,12H2,1-3H3/t15-/m0/s1. The van der Waals surface area contributed by atoms with Crippen LogP contribution in [-0.4, -0.2) is 44.4 Å². The molecule has 1 saturated heterocycles. The number of piperidine rings is 1. The van der Waals surface area contributed by atoms with Crippen LogP contribution in [0.15, 0.2) is 30.6 Å². The SMILES string of the molecule is CC(C)c1cc(C(=O)N2CCC[C@H](C(=O)c3cccnc3)C2)n(C)n1. The molecular formula is C19H24N4O2. The summed E-state index contributed by atoms with van der Waals surface area (Å²) < 4.78 is 1.64. The molecule has 1 atom stereocenters. The maximum atomic E-state index is 12.9. The molecule has 0 radical (unpaired) electrons. The van der Waals surface area contributed by atoms with Gasteiger partial charge in [-0.15, -0.1) is 0 Å². The molecule has 0 bridgehead atoms. The first-order valence-corrected chi connectivity index (χ1v) is 8.75. The maximum Gasteiger partial charge on any atom is 0.272 e. The number of nitrogens with zero attached hydrogens (tertiary/aromatic N) is 4. The van der Waals surface area contributed by atoms with Gasteiger partial charge in [-0.05, 0) is 37.0 Å². The maximum absolute atomic E-state index is 12.9. The average Bonchev–Trinajstić information content (AvgIpc) is 3.03. The molecule has 0 aliphatic carbocycles. The first kappa shape index (κ1) is 17.3. The van der Waals surface area contributed by atoms with Gasteiger partial charge in [0.25, 0.3) is 5.91 Å². The number of rotatable bonds is 4. The van der Waals surface area contributed by atoms with Crippen LogP contribution in [0.4, 0.5) is 0 Å². The molecule has 0 saturated carbocycles. The highest BCUT2D eigenvalue weighted by Gasteiger charge is 2.30. The minimum Gasteiger partial charge on any atom is -0.337 e. The Hall–Kier alpha value is -2.50. The highest BCUT2D eigenvalue weighted by Crippen LogP contribution is 2.23. The molecule has 1 amide bonds. The van der Waals surface area contributed by atoms with E-state index in [1.54, 1.807) is 41.2 Å². The van der Waals surface area contributed by atoms with E-state index >= 15 is 0 Å². The minimum atomic E-state index is -0.167. The number of hydrogen-bond acceptors (Lipinski definition) is 4. The Labute approximate surface area is 147 Å². The van der Waals surface area contributed by atoms with Crippen molar-refractivity contribution in [3.05, 3.63) is 47.5 Å². The predicted molar refractivity (Wildman–Crippen MR) is 94.5 cm³/mol. The van der Waals surface area contributed by atoms with E-state index in [2.05, 4.69) is 23.9 Å². The largest absolute Gasteiger partial charge is 0.337 e. The quantitative estimate of drug-likeness (QED) is 0.803. The number of amides is 1. The van der Waals surface area contributed by atoms with Gasteiger partial charge in [-0.3, -0.25) is 19.3 Å². The van der Waals surface area contributed by atoms with Gasteiger partial charge in [0.15, 0.2) is 5.78 Å². The van der Waals surface area contributed by atoms with Crippen molar-refractivity contribution >= 4 is 11.7 Å². The van der Waals surface area contributed by atoms with Crippen molar-refractivity contribution in [3.63, 3.8) is 0 Å². The molecule has 3 heterocycles. The summed E-state index contributed by atoms with van der Waals surface area (Å²) in [5.74, 6) is 0.123. The molecule has 0 N–H and O–H groups in total. The second kappa shape index (κ2) is 7.17. The van der Waals surface area contributed by atoms with Crippen molar-refractivity contribution in [3.8, 4) is 0 Å². The summed E-state index contributed by atoms with van der Waals surface area (Å²) >= 11 is 0. The van der Waals surface area contributed by atoms with Crippen molar-refractivity contribution in [2.45, 2.75) is 32.6 Å². The molecule has 0 aromatic carbocycles. The molecule has 2 aromatic heterocycles. The Balaban J connectivity index is 1.75. The van der Waals surface area contributed by atoms with Crippen molar-refractivity contribution in [1.29, 1.82) is 0 Å². The fraction of sp³-hybridized carbons (Fsp3) is 0.474. The Kier molecular flexibility index (Phi) is 4.97. The van der Waals surface area contributed by atoms with Crippen molar-refractivity contribution in [2.24, 2.45) is 13.0 Å². The third-order valence-electron chi connectivity index (χ3n) is 4.73. The second-order valence-electron chi connectivity index (χ2n) is 6.93. The smallest absolute Gasteiger partial charge is 0.272 e. The minimum absolute atomic E-state index is 0.0504. The van der Waals surface area contributed by atoms with Crippen LogP contribution in [0.25, 0.3) is 0 Å². The molecule has 1 aliphatic heterocycles. The Bertz CT molecular complexity index is 767. The number of carbonyl (C=O) groups is 2. The third kappa shape index (κ3) is 3.62. The Morgan fingerprint density at radius 1 is 1.32 bits per heavy atom. The average molecular weight is 340 g/mol. The summed E-state index contributed by atoms with van der Waals surface area (Å²) in [4.78, 5) is 31.4. The number of carbonyl (C=O) groups excluding carboxylic acids is 2. The van der Waals surface area contributed by atoms with E-state index in [1.807, 2.05) is 6.07 Å². The molecule has 6 heteroatoms. The van der Waals surface area contributed by atoms with Gasteiger partial charge in [-0.25, -0.2) is 0 Å². The van der Waals surface area contributed by atoms with Crippen molar-refractivity contribution in [1.82, 2.24) is 19.7 Å². The Morgan fingerprint density at radius 2 is 2.12 bits per heavy atom. The molecule has 2 aromatic rings. The van der Waals surface area contributed by atoms with E-state index < -0.39 is 0 Å². The fourth-order valence-electron chi connectivity index (χ4n) is 3.25. The highest BCUT2D eigenvalue weighted by atomic mass is 16.2. The van der Waals surface area contributed by atoms with Crippen LogP contribution in [0, 0.1) is 5.92 Å². The van der Waals surface area contributed by atoms with Gasteiger partial charge in [0.2, 0.25) is 0 Å². The molecule has 132 valence electrons. The Morgan fingerprint density at radius 3 is 2.76 bits per heavy atom. The van der Waals surface area contributed by atoms with Gasteiger partial charge in [-0.1, -0.05) is 13.8 Å². The van der Waals surface area contributed by atoms with Crippen molar-refractivity contribution < 1.29 is 9.59 Å². The monoisotopic (exact) mass is 340 g/mol. The normalized spacial score (nSPS) is 17.8. The summed E-state index contributed by atoms with van der Waals surface area (Å²) in [7, 11) is 1.79. The molecule has 0 spiro atoms. The first-order chi connectivity index (χ1) is 12.0. The van der Waals surface area contributed by atoms with Crippen LogP contribution in [0.2, 0.25) is 0 Å². The molecular weight excluding hydrogens is 316 g/mol. The zero-order chi connectivity index (χ0) is 18.0. The van der Waals surface area contributed by atoms with E-state index in [0.717, 1.165) is 18.5 Å². The van der Waals surface area contributed by atoms with Gasteiger partial charge in [-0.2, -0.15) is 5.10 Å². The van der Waals surface area contributed by atoms with Crippen LogP contribution in [0.3, 0.4) is 0 Å². The predicted octanol–water partition coefficient (Wildman–Crippen LogP) is 2.67.